The van der Waals surface area contributed by atoms with Crippen molar-refractivity contribution in [1.82, 2.24) is 14.9 Å². The normalized spacial score (nSPS) is 11.0. The number of thioether (sulfide) groups is 1. The van der Waals surface area contributed by atoms with Gasteiger partial charge in [-0.2, -0.15) is 0 Å². The van der Waals surface area contributed by atoms with Crippen LogP contribution < -0.4 is 10.9 Å². The number of benzene rings is 2. The van der Waals surface area contributed by atoms with E-state index < -0.39 is 0 Å². The van der Waals surface area contributed by atoms with Crippen LogP contribution in [0.25, 0.3) is 10.9 Å². The van der Waals surface area contributed by atoms with Crippen molar-refractivity contribution in [2.24, 2.45) is 0 Å². The zero-order valence-electron chi connectivity index (χ0n) is 16.6. The van der Waals surface area contributed by atoms with Crippen molar-refractivity contribution in [1.29, 1.82) is 0 Å². The Morgan fingerprint density at radius 3 is 2.68 bits per heavy atom. The molecule has 4 aromatic rings. The molecule has 0 radical (unpaired) electrons. The molecule has 8 heteroatoms. The summed E-state index contributed by atoms with van der Waals surface area (Å²) in [7, 11) is 0. The van der Waals surface area contributed by atoms with E-state index in [2.05, 4.69) is 16.4 Å². The largest absolute Gasteiger partial charge is 0.351 e. The fourth-order valence-corrected chi connectivity index (χ4v) is 4.80. The first-order chi connectivity index (χ1) is 15.1. The maximum absolute atomic E-state index is 13.1. The summed E-state index contributed by atoms with van der Waals surface area (Å²) in [6.07, 6.45) is 0.744. The zero-order chi connectivity index (χ0) is 21.6. The van der Waals surface area contributed by atoms with Crippen LogP contribution in [-0.4, -0.2) is 21.2 Å². The third kappa shape index (κ3) is 5.55. The number of aromatic nitrogens is 2. The molecule has 31 heavy (non-hydrogen) atoms. The number of para-hydroxylation sites is 1. The minimum absolute atomic E-state index is 0.0776. The van der Waals surface area contributed by atoms with Crippen LogP contribution in [-0.2, 0) is 24.3 Å². The molecular formula is C23H20ClN3O2S2. The Hall–Kier alpha value is -2.61. The lowest BCUT2D eigenvalue weighted by atomic mass is 10.2. The molecule has 0 saturated carbocycles. The number of thiophene rings is 1. The standard InChI is InChI=1S/C23H20ClN3O2S2/c24-17-9-7-16(8-10-17)14-25-21(28)15-31-23-26-20-6-2-1-5-19(20)22(29)27(23)12-11-18-4-3-13-30-18/h1-10,13H,11-12,14-15H2,(H,25,28). The van der Waals surface area contributed by atoms with E-state index >= 15 is 0 Å². The van der Waals surface area contributed by atoms with Crippen molar-refractivity contribution >= 4 is 51.5 Å². The molecule has 0 aliphatic heterocycles. The van der Waals surface area contributed by atoms with Gasteiger partial charge in [0.25, 0.3) is 5.56 Å². The summed E-state index contributed by atoms with van der Waals surface area (Å²) in [5.74, 6) is 0.0596. The van der Waals surface area contributed by atoms with Gasteiger partial charge in [-0.15, -0.1) is 11.3 Å². The van der Waals surface area contributed by atoms with Gasteiger partial charge in [-0.25, -0.2) is 4.98 Å². The number of hydrogen-bond acceptors (Lipinski definition) is 5. The SMILES string of the molecule is O=C(CSc1nc2ccccc2c(=O)n1CCc1cccs1)NCc1ccc(Cl)cc1. The van der Waals surface area contributed by atoms with Gasteiger partial charge in [0.15, 0.2) is 5.16 Å². The van der Waals surface area contributed by atoms with E-state index in [1.165, 1.54) is 16.6 Å². The second-order valence-corrected chi connectivity index (χ2v) is 9.30. The summed E-state index contributed by atoms with van der Waals surface area (Å²) in [5.41, 5.74) is 1.54. The molecule has 4 rings (SSSR count). The lowest BCUT2D eigenvalue weighted by Crippen LogP contribution is -2.27. The Labute approximate surface area is 193 Å². The highest BCUT2D eigenvalue weighted by atomic mass is 35.5. The summed E-state index contributed by atoms with van der Waals surface area (Å²) >= 11 is 8.84. The van der Waals surface area contributed by atoms with Crippen LogP contribution in [0.3, 0.4) is 0 Å². The van der Waals surface area contributed by atoms with Gasteiger partial charge in [-0.1, -0.05) is 53.7 Å². The summed E-state index contributed by atoms with van der Waals surface area (Å²) in [4.78, 5) is 31.4. The third-order valence-electron chi connectivity index (χ3n) is 4.72. The quantitative estimate of drug-likeness (QED) is 0.298. The van der Waals surface area contributed by atoms with Crippen molar-refractivity contribution < 1.29 is 4.79 Å². The molecule has 0 aliphatic rings. The van der Waals surface area contributed by atoms with Gasteiger partial charge in [-0.05, 0) is 47.7 Å². The number of hydrogen-bond donors (Lipinski definition) is 1. The van der Waals surface area contributed by atoms with E-state index in [4.69, 9.17) is 11.6 Å². The maximum atomic E-state index is 13.1. The van der Waals surface area contributed by atoms with Gasteiger partial charge in [-0.3, -0.25) is 14.2 Å². The monoisotopic (exact) mass is 469 g/mol. The van der Waals surface area contributed by atoms with Gasteiger partial charge < -0.3 is 5.32 Å². The van der Waals surface area contributed by atoms with E-state index in [9.17, 15) is 9.59 Å². The maximum Gasteiger partial charge on any atom is 0.262 e. The topological polar surface area (TPSA) is 64.0 Å². The summed E-state index contributed by atoms with van der Waals surface area (Å²) in [5, 5.41) is 6.73. The van der Waals surface area contributed by atoms with Crippen LogP contribution in [0.15, 0.2) is 76.0 Å². The van der Waals surface area contributed by atoms with Crippen molar-refractivity contribution in [2.75, 3.05) is 5.75 Å². The number of aryl methyl sites for hydroxylation is 1. The Morgan fingerprint density at radius 2 is 1.90 bits per heavy atom. The van der Waals surface area contributed by atoms with Crippen molar-refractivity contribution in [3.8, 4) is 0 Å². The Balaban J connectivity index is 1.48. The first-order valence-corrected chi connectivity index (χ1v) is 12.0. The highest BCUT2D eigenvalue weighted by Gasteiger charge is 2.13. The van der Waals surface area contributed by atoms with E-state index in [-0.39, 0.29) is 17.2 Å². The molecule has 0 saturated heterocycles. The molecule has 2 aromatic heterocycles. The van der Waals surface area contributed by atoms with Gasteiger partial charge in [0.05, 0.1) is 16.7 Å². The highest BCUT2D eigenvalue weighted by molar-refractivity contribution is 7.99. The molecular weight excluding hydrogens is 450 g/mol. The van der Waals surface area contributed by atoms with Crippen LogP contribution in [0.2, 0.25) is 5.02 Å². The number of carbonyl (C=O) groups is 1. The summed E-state index contributed by atoms with van der Waals surface area (Å²) in [6, 6.07) is 18.7. The smallest absolute Gasteiger partial charge is 0.262 e. The second kappa shape index (κ2) is 10.1. The van der Waals surface area contributed by atoms with Gasteiger partial charge in [0.1, 0.15) is 0 Å². The van der Waals surface area contributed by atoms with E-state index in [0.29, 0.717) is 34.2 Å². The number of fused-ring (bicyclic) bond motifs is 1. The minimum atomic E-state index is -0.118. The molecule has 2 aromatic carbocycles. The zero-order valence-corrected chi connectivity index (χ0v) is 19.0. The number of nitrogens with zero attached hydrogens (tertiary/aromatic N) is 2. The Morgan fingerprint density at radius 1 is 1.10 bits per heavy atom. The molecule has 1 amide bonds. The van der Waals surface area contributed by atoms with Crippen molar-refractivity contribution in [3.05, 3.63) is 91.9 Å². The first kappa shape index (κ1) is 21.6. The molecule has 0 atom stereocenters. The van der Waals surface area contributed by atoms with Gasteiger partial charge in [0, 0.05) is 23.0 Å². The molecule has 0 spiro atoms. The molecule has 0 fully saturated rings. The Kier molecular flexibility index (Phi) is 7.06. The first-order valence-electron chi connectivity index (χ1n) is 9.76. The molecule has 1 N–H and O–H groups in total. The fourth-order valence-electron chi connectivity index (χ4n) is 3.12. The third-order valence-corrected chi connectivity index (χ3v) is 6.89. The van der Waals surface area contributed by atoms with Crippen molar-refractivity contribution in [3.63, 3.8) is 0 Å². The lowest BCUT2D eigenvalue weighted by molar-refractivity contribution is -0.118. The summed E-state index contributed by atoms with van der Waals surface area (Å²) < 4.78 is 1.68. The van der Waals surface area contributed by atoms with Gasteiger partial charge >= 0.3 is 0 Å². The molecule has 0 bridgehead atoms. The van der Waals surface area contributed by atoms with E-state index in [1.54, 1.807) is 34.1 Å². The number of carbonyl (C=O) groups excluding carboxylic acids is 1. The lowest BCUT2D eigenvalue weighted by Gasteiger charge is -2.13. The predicted octanol–water partition coefficient (Wildman–Crippen LogP) is 4.76. The van der Waals surface area contributed by atoms with Crippen molar-refractivity contribution in [2.45, 2.75) is 24.7 Å². The number of nitrogens with one attached hydrogen (secondary N) is 1. The molecule has 0 aliphatic carbocycles. The minimum Gasteiger partial charge on any atom is -0.351 e. The van der Waals surface area contributed by atoms with Crippen LogP contribution in [0.5, 0.6) is 0 Å². The van der Waals surface area contributed by atoms with Crippen LogP contribution in [0, 0.1) is 0 Å². The fraction of sp³-hybridized carbons (Fsp3) is 0.174. The average Bonchev–Trinajstić information content (AvgIpc) is 3.30. The summed E-state index contributed by atoms with van der Waals surface area (Å²) in [6.45, 7) is 0.943. The number of rotatable bonds is 8. The van der Waals surface area contributed by atoms with E-state index in [1.807, 2.05) is 41.8 Å². The highest BCUT2D eigenvalue weighted by Crippen LogP contribution is 2.19. The second-order valence-electron chi connectivity index (χ2n) is 6.89. The molecule has 5 nitrogen and oxygen atoms in total. The van der Waals surface area contributed by atoms with E-state index in [0.717, 1.165) is 12.0 Å². The predicted molar refractivity (Wildman–Crippen MR) is 128 cm³/mol. The molecule has 158 valence electrons. The Bertz CT molecular complexity index is 1240. The molecule has 2 heterocycles. The average molecular weight is 470 g/mol. The number of amides is 1. The van der Waals surface area contributed by atoms with Crippen LogP contribution in [0.1, 0.15) is 10.4 Å². The van der Waals surface area contributed by atoms with Crippen LogP contribution in [0.4, 0.5) is 0 Å². The molecule has 0 unspecified atom stereocenters. The number of halogens is 1. The van der Waals surface area contributed by atoms with Gasteiger partial charge in [0.2, 0.25) is 5.91 Å². The van der Waals surface area contributed by atoms with Crippen LogP contribution >= 0.6 is 34.7 Å².